The van der Waals surface area contributed by atoms with E-state index in [0.717, 1.165) is 0 Å². The number of rotatable bonds is 2. The molecule has 0 fully saturated rings. The van der Waals surface area contributed by atoms with Crippen LogP contribution in [0, 0.1) is 0 Å². The van der Waals surface area contributed by atoms with E-state index in [1.807, 2.05) is 0 Å². The molecule has 2 rings (SSSR count). The Labute approximate surface area is 101 Å². The fourth-order valence-electron chi connectivity index (χ4n) is 1.69. The van der Waals surface area contributed by atoms with Crippen molar-refractivity contribution in [2.24, 2.45) is 0 Å². The molecule has 0 amide bonds. The number of benzene rings is 2. The molecule has 18 heavy (non-hydrogen) atoms. The van der Waals surface area contributed by atoms with Gasteiger partial charge in [0.05, 0.1) is 0 Å². The summed E-state index contributed by atoms with van der Waals surface area (Å²) in [5.74, 6) is -2.13. The smallest absolute Gasteiger partial charge is 0.339 e. The summed E-state index contributed by atoms with van der Waals surface area (Å²) in [6.07, 6.45) is 0. The Morgan fingerprint density at radius 1 is 1.17 bits per heavy atom. The van der Waals surface area contributed by atoms with Gasteiger partial charge in [0.25, 0.3) is 0 Å². The number of aromatic hydroxyl groups is 1. The monoisotopic (exact) mass is 270 g/mol. The molecule has 0 unspecified atom stereocenters. The van der Waals surface area contributed by atoms with E-state index in [9.17, 15) is 22.2 Å². The molecule has 2 aromatic rings. The second-order valence-electron chi connectivity index (χ2n) is 3.56. The van der Waals surface area contributed by atoms with Gasteiger partial charge < -0.3 is 10.2 Å². The number of halogens is 1. The molecule has 94 valence electrons. The first-order chi connectivity index (χ1) is 8.32. The van der Waals surface area contributed by atoms with E-state index in [1.54, 1.807) is 0 Å². The number of carbonyl (C=O) groups is 1. The van der Waals surface area contributed by atoms with Gasteiger partial charge in [-0.1, -0.05) is 24.3 Å². The highest BCUT2D eigenvalue weighted by Crippen LogP contribution is 2.34. The molecule has 7 heteroatoms. The quantitative estimate of drug-likeness (QED) is 0.813. The molecule has 0 saturated heterocycles. The Morgan fingerprint density at radius 2 is 1.72 bits per heavy atom. The third-order valence-corrected chi connectivity index (χ3v) is 3.33. The molecule has 0 spiro atoms. The van der Waals surface area contributed by atoms with Crippen molar-refractivity contribution in [3.05, 3.63) is 35.9 Å². The third kappa shape index (κ3) is 1.88. The summed E-state index contributed by atoms with van der Waals surface area (Å²) in [7, 11) is -5.08. The highest BCUT2D eigenvalue weighted by molar-refractivity contribution is 7.86. The lowest BCUT2D eigenvalue weighted by atomic mass is 10.1. The van der Waals surface area contributed by atoms with Crippen LogP contribution in [0.3, 0.4) is 0 Å². The van der Waals surface area contributed by atoms with E-state index in [0.29, 0.717) is 6.07 Å². The highest BCUT2D eigenvalue weighted by Gasteiger charge is 2.23. The van der Waals surface area contributed by atoms with E-state index in [2.05, 4.69) is 0 Å². The molecule has 0 saturated carbocycles. The molecule has 0 atom stereocenters. The predicted octanol–water partition coefficient (Wildman–Crippen LogP) is 1.90. The van der Waals surface area contributed by atoms with Crippen molar-refractivity contribution in [1.29, 1.82) is 0 Å². The normalized spacial score (nSPS) is 11.6. The van der Waals surface area contributed by atoms with E-state index >= 15 is 0 Å². The van der Waals surface area contributed by atoms with Crippen molar-refractivity contribution in [3.63, 3.8) is 0 Å². The topological polar surface area (TPSA) is 91.7 Å². The van der Waals surface area contributed by atoms with Crippen LogP contribution in [0.15, 0.2) is 35.2 Å². The first-order valence-corrected chi connectivity index (χ1v) is 6.13. The maximum Gasteiger partial charge on any atom is 0.339 e. The van der Waals surface area contributed by atoms with Crippen LogP contribution in [0.5, 0.6) is 5.75 Å². The molecular weight excluding hydrogens is 263 g/mol. The number of hydrogen-bond acceptors (Lipinski definition) is 4. The van der Waals surface area contributed by atoms with E-state index in [-0.39, 0.29) is 10.8 Å². The third-order valence-electron chi connectivity index (χ3n) is 2.47. The molecule has 0 bridgehead atoms. The number of carboxylic acids is 1. The van der Waals surface area contributed by atoms with Crippen LogP contribution < -0.4 is 0 Å². The lowest BCUT2D eigenvalue weighted by Gasteiger charge is -2.08. The molecule has 0 aromatic heterocycles. The SMILES string of the molecule is O=C(O)c1cc(S(=O)(=O)F)c2ccccc2c1O. The largest absolute Gasteiger partial charge is 0.506 e. The van der Waals surface area contributed by atoms with Crippen LogP contribution in [-0.4, -0.2) is 24.6 Å². The summed E-state index contributed by atoms with van der Waals surface area (Å²) in [6.45, 7) is 0. The van der Waals surface area contributed by atoms with Crippen molar-refractivity contribution in [2.45, 2.75) is 4.90 Å². The first kappa shape index (κ1) is 12.3. The number of hydrogen-bond donors (Lipinski definition) is 2. The second-order valence-corrected chi connectivity index (χ2v) is 4.87. The maximum atomic E-state index is 13.1. The van der Waals surface area contributed by atoms with Gasteiger partial charge in [-0.2, -0.15) is 8.42 Å². The van der Waals surface area contributed by atoms with Gasteiger partial charge in [0.1, 0.15) is 16.2 Å². The van der Waals surface area contributed by atoms with Crippen LogP contribution in [0.4, 0.5) is 3.89 Å². The zero-order chi connectivity index (χ0) is 13.5. The number of carboxylic acid groups (broad SMARTS) is 1. The molecule has 0 heterocycles. The number of fused-ring (bicyclic) bond motifs is 1. The maximum absolute atomic E-state index is 13.1. The van der Waals surface area contributed by atoms with Gasteiger partial charge in [0.2, 0.25) is 0 Å². The van der Waals surface area contributed by atoms with Crippen LogP contribution in [0.25, 0.3) is 10.8 Å². The fourth-order valence-corrected chi connectivity index (χ4v) is 2.39. The minimum atomic E-state index is -5.08. The Bertz CT molecular complexity index is 751. The summed E-state index contributed by atoms with van der Waals surface area (Å²) in [5, 5.41) is 18.4. The van der Waals surface area contributed by atoms with Gasteiger partial charge in [-0.05, 0) is 6.07 Å². The highest BCUT2D eigenvalue weighted by atomic mass is 32.3. The van der Waals surface area contributed by atoms with Gasteiger partial charge in [-0.3, -0.25) is 0 Å². The Balaban J connectivity index is 3.03. The van der Waals surface area contributed by atoms with Crippen molar-refractivity contribution in [1.82, 2.24) is 0 Å². The molecule has 0 aliphatic carbocycles. The summed E-state index contributed by atoms with van der Waals surface area (Å²) in [5.41, 5.74) is -0.662. The zero-order valence-corrected chi connectivity index (χ0v) is 9.61. The summed E-state index contributed by atoms with van der Waals surface area (Å²) in [4.78, 5) is 10.1. The van der Waals surface area contributed by atoms with Crippen LogP contribution in [0.1, 0.15) is 10.4 Å². The van der Waals surface area contributed by atoms with Crippen molar-refractivity contribution < 1.29 is 27.3 Å². The Hall–Kier alpha value is -2.15. The standard InChI is InChI=1S/C11H7FO5S/c12-18(16,17)9-5-8(11(14)15)10(13)7-4-2-1-3-6(7)9/h1-5,13H,(H,14,15). The van der Waals surface area contributed by atoms with Crippen LogP contribution >= 0.6 is 0 Å². The van der Waals surface area contributed by atoms with Crippen LogP contribution in [0.2, 0.25) is 0 Å². The lowest BCUT2D eigenvalue weighted by molar-refractivity contribution is 0.0694. The van der Waals surface area contributed by atoms with E-state index in [4.69, 9.17) is 5.11 Å². The van der Waals surface area contributed by atoms with Crippen molar-refractivity contribution >= 4 is 27.0 Å². The predicted molar refractivity (Wildman–Crippen MR) is 60.9 cm³/mol. The molecule has 2 N–H and O–H groups in total. The van der Waals surface area contributed by atoms with Crippen molar-refractivity contribution in [3.8, 4) is 5.75 Å². The summed E-state index contributed by atoms with van der Waals surface area (Å²) in [6, 6.07) is 6.13. The minimum Gasteiger partial charge on any atom is -0.506 e. The molecule has 0 aliphatic heterocycles. The van der Waals surface area contributed by atoms with Crippen molar-refractivity contribution in [2.75, 3.05) is 0 Å². The van der Waals surface area contributed by atoms with Gasteiger partial charge in [-0.25, -0.2) is 4.79 Å². The average Bonchev–Trinajstić information content (AvgIpc) is 2.27. The van der Waals surface area contributed by atoms with E-state index < -0.39 is 32.4 Å². The van der Waals surface area contributed by atoms with Gasteiger partial charge in [0, 0.05) is 10.8 Å². The Kier molecular flexibility index (Phi) is 2.70. The number of phenols is 1. The van der Waals surface area contributed by atoms with Gasteiger partial charge in [0.15, 0.2) is 0 Å². The molecule has 5 nitrogen and oxygen atoms in total. The zero-order valence-electron chi connectivity index (χ0n) is 8.79. The van der Waals surface area contributed by atoms with E-state index in [1.165, 1.54) is 24.3 Å². The first-order valence-electron chi connectivity index (χ1n) is 4.75. The Morgan fingerprint density at radius 3 is 2.22 bits per heavy atom. The molecule has 0 aliphatic rings. The molecular formula is C11H7FO5S. The summed E-state index contributed by atoms with van der Waals surface area (Å²) < 4.78 is 35.1. The van der Waals surface area contributed by atoms with Gasteiger partial charge >= 0.3 is 16.2 Å². The average molecular weight is 270 g/mol. The molecule has 2 aromatic carbocycles. The number of aromatic carboxylic acids is 1. The second kappa shape index (κ2) is 3.95. The lowest BCUT2D eigenvalue weighted by Crippen LogP contribution is -2.02. The van der Waals surface area contributed by atoms with Gasteiger partial charge in [-0.15, -0.1) is 3.89 Å². The minimum absolute atomic E-state index is 0.0337. The summed E-state index contributed by atoms with van der Waals surface area (Å²) >= 11 is 0. The van der Waals surface area contributed by atoms with Crippen LogP contribution in [-0.2, 0) is 10.2 Å². The fraction of sp³-hybridized carbons (Fsp3) is 0. The molecule has 0 radical (unpaired) electrons.